The molecule has 1 atom stereocenters. The third kappa shape index (κ3) is 2.40. The molecule has 3 heteroatoms. The molecule has 2 rings (SSSR count). The molecule has 1 aromatic heterocycles. The lowest BCUT2D eigenvalue weighted by atomic mass is 9.95. The fourth-order valence-corrected chi connectivity index (χ4v) is 2.98. The monoisotopic (exact) mass is 249 g/mol. The molecule has 1 aromatic carbocycles. The van der Waals surface area contributed by atoms with Crippen molar-refractivity contribution in [2.75, 3.05) is 7.05 Å². The van der Waals surface area contributed by atoms with Crippen LogP contribution in [0.15, 0.2) is 29.0 Å². The number of hydrogen-bond donors (Lipinski definition) is 1. The van der Waals surface area contributed by atoms with E-state index in [9.17, 15) is 4.39 Å². The van der Waals surface area contributed by atoms with Gasteiger partial charge in [-0.15, -0.1) is 0 Å². The van der Waals surface area contributed by atoms with Gasteiger partial charge in [-0.25, -0.2) is 4.39 Å². The predicted octanol–water partition coefficient (Wildman–Crippen LogP) is 3.81. The van der Waals surface area contributed by atoms with Crippen LogP contribution >= 0.6 is 11.3 Å². The first-order valence-corrected chi connectivity index (χ1v) is 6.53. The Morgan fingerprint density at radius 2 is 1.88 bits per heavy atom. The van der Waals surface area contributed by atoms with Gasteiger partial charge in [0.05, 0.1) is 6.04 Å². The van der Waals surface area contributed by atoms with Gasteiger partial charge < -0.3 is 5.32 Å². The molecule has 1 unspecified atom stereocenters. The highest BCUT2D eigenvalue weighted by Gasteiger charge is 2.16. The van der Waals surface area contributed by atoms with Crippen LogP contribution in [0.3, 0.4) is 0 Å². The van der Waals surface area contributed by atoms with E-state index in [1.807, 2.05) is 20.0 Å². The van der Waals surface area contributed by atoms with Gasteiger partial charge in [-0.1, -0.05) is 6.07 Å². The van der Waals surface area contributed by atoms with Crippen LogP contribution in [0, 0.1) is 19.7 Å². The predicted molar refractivity (Wildman–Crippen MR) is 71.1 cm³/mol. The van der Waals surface area contributed by atoms with Crippen LogP contribution in [-0.4, -0.2) is 7.05 Å². The Morgan fingerprint density at radius 3 is 2.41 bits per heavy atom. The zero-order chi connectivity index (χ0) is 12.4. The van der Waals surface area contributed by atoms with Crippen LogP contribution in [0.25, 0.3) is 0 Å². The van der Waals surface area contributed by atoms with Gasteiger partial charge in [-0.2, -0.15) is 11.3 Å². The molecular formula is C14H16FNS. The Hall–Kier alpha value is -1.19. The van der Waals surface area contributed by atoms with Gasteiger partial charge in [0.1, 0.15) is 5.82 Å². The van der Waals surface area contributed by atoms with Gasteiger partial charge in [-0.3, -0.25) is 0 Å². The molecule has 0 amide bonds. The molecule has 90 valence electrons. The number of nitrogens with one attached hydrogen (secondary N) is 1. The van der Waals surface area contributed by atoms with Crippen LogP contribution in [-0.2, 0) is 0 Å². The lowest BCUT2D eigenvalue weighted by molar-refractivity contribution is 0.621. The summed E-state index contributed by atoms with van der Waals surface area (Å²) in [6.07, 6.45) is 0. The minimum Gasteiger partial charge on any atom is -0.309 e. The van der Waals surface area contributed by atoms with Crippen molar-refractivity contribution in [1.82, 2.24) is 5.32 Å². The molecule has 0 saturated carbocycles. The van der Waals surface area contributed by atoms with E-state index in [0.717, 1.165) is 11.1 Å². The molecule has 1 N–H and O–H groups in total. The summed E-state index contributed by atoms with van der Waals surface area (Å²) in [5.74, 6) is -0.178. The van der Waals surface area contributed by atoms with Crippen molar-refractivity contribution < 1.29 is 4.39 Å². The summed E-state index contributed by atoms with van der Waals surface area (Å²) >= 11 is 1.70. The number of thiophene rings is 1. The number of hydrogen-bond acceptors (Lipinski definition) is 2. The second kappa shape index (κ2) is 4.98. The van der Waals surface area contributed by atoms with E-state index < -0.39 is 0 Å². The SMILES string of the molecule is CNC(c1ccc(F)cc1C)c1cscc1C. The first-order chi connectivity index (χ1) is 8.13. The second-order valence-corrected chi connectivity index (χ2v) is 4.98. The number of benzene rings is 1. The standard InChI is InChI=1S/C14H16FNS/c1-9-6-11(15)4-5-12(9)14(16-3)13-8-17-7-10(13)2/h4-8,14,16H,1-3H3. The van der Waals surface area contributed by atoms with E-state index in [2.05, 4.69) is 23.0 Å². The van der Waals surface area contributed by atoms with Crippen LogP contribution in [0.1, 0.15) is 28.3 Å². The lowest BCUT2D eigenvalue weighted by Gasteiger charge is -2.19. The van der Waals surface area contributed by atoms with Crippen molar-refractivity contribution >= 4 is 11.3 Å². The molecule has 0 fully saturated rings. The molecule has 0 aliphatic heterocycles. The van der Waals surface area contributed by atoms with Crippen molar-refractivity contribution in [3.8, 4) is 0 Å². The molecule has 1 heterocycles. The van der Waals surface area contributed by atoms with Crippen LogP contribution in [0.5, 0.6) is 0 Å². The first-order valence-electron chi connectivity index (χ1n) is 5.59. The lowest BCUT2D eigenvalue weighted by Crippen LogP contribution is -2.19. The summed E-state index contributed by atoms with van der Waals surface area (Å²) < 4.78 is 13.1. The maximum Gasteiger partial charge on any atom is 0.123 e. The fraction of sp³-hybridized carbons (Fsp3) is 0.286. The molecule has 0 spiro atoms. The van der Waals surface area contributed by atoms with E-state index in [4.69, 9.17) is 0 Å². The van der Waals surface area contributed by atoms with Gasteiger partial charge in [0.25, 0.3) is 0 Å². The molecule has 17 heavy (non-hydrogen) atoms. The molecule has 1 nitrogen and oxygen atoms in total. The Labute approximate surface area is 105 Å². The van der Waals surface area contributed by atoms with Gasteiger partial charge in [0, 0.05) is 0 Å². The quantitative estimate of drug-likeness (QED) is 0.872. The zero-order valence-corrected chi connectivity index (χ0v) is 11.1. The summed E-state index contributed by atoms with van der Waals surface area (Å²) in [5, 5.41) is 7.60. The first kappa shape index (κ1) is 12.3. The fourth-order valence-electron chi connectivity index (χ4n) is 2.11. The highest BCUT2D eigenvalue weighted by molar-refractivity contribution is 7.08. The van der Waals surface area contributed by atoms with E-state index in [1.54, 1.807) is 17.4 Å². The van der Waals surface area contributed by atoms with Gasteiger partial charge in [0.2, 0.25) is 0 Å². The van der Waals surface area contributed by atoms with Crippen molar-refractivity contribution in [3.05, 3.63) is 57.0 Å². The van der Waals surface area contributed by atoms with Gasteiger partial charge >= 0.3 is 0 Å². The normalized spacial score (nSPS) is 12.7. The molecule has 0 radical (unpaired) electrons. The molecule has 0 aliphatic rings. The van der Waals surface area contributed by atoms with Crippen molar-refractivity contribution in [2.45, 2.75) is 19.9 Å². The highest BCUT2D eigenvalue weighted by atomic mass is 32.1. The molecule has 0 aliphatic carbocycles. The zero-order valence-electron chi connectivity index (χ0n) is 10.3. The minimum absolute atomic E-state index is 0.141. The third-order valence-corrected chi connectivity index (χ3v) is 3.92. The van der Waals surface area contributed by atoms with E-state index in [0.29, 0.717) is 0 Å². The average Bonchev–Trinajstić information content (AvgIpc) is 2.69. The maximum atomic E-state index is 13.1. The summed E-state index contributed by atoms with van der Waals surface area (Å²) in [6, 6.07) is 5.11. The molecule has 0 bridgehead atoms. The molecule has 0 saturated heterocycles. The molecular weight excluding hydrogens is 233 g/mol. The topological polar surface area (TPSA) is 12.0 Å². The smallest absolute Gasteiger partial charge is 0.123 e. The Balaban J connectivity index is 2.46. The Kier molecular flexibility index (Phi) is 3.60. The average molecular weight is 249 g/mol. The van der Waals surface area contributed by atoms with Crippen molar-refractivity contribution in [1.29, 1.82) is 0 Å². The maximum absolute atomic E-state index is 13.1. The second-order valence-electron chi connectivity index (χ2n) is 4.23. The highest BCUT2D eigenvalue weighted by Crippen LogP contribution is 2.29. The Bertz CT molecular complexity index is 519. The van der Waals surface area contributed by atoms with Crippen LogP contribution in [0.4, 0.5) is 4.39 Å². The number of halogens is 1. The van der Waals surface area contributed by atoms with Crippen molar-refractivity contribution in [3.63, 3.8) is 0 Å². The van der Waals surface area contributed by atoms with E-state index in [-0.39, 0.29) is 11.9 Å². The van der Waals surface area contributed by atoms with Crippen LogP contribution < -0.4 is 5.32 Å². The van der Waals surface area contributed by atoms with Gasteiger partial charge in [-0.05, 0) is 66.0 Å². The number of rotatable bonds is 3. The van der Waals surface area contributed by atoms with E-state index >= 15 is 0 Å². The summed E-state index contributed by atoms with van der Waals surface area (Å²) in [4.78, 5) is 0. The van der Waals surface area contributed by atoms with Crippen LogP contribution in [0.2, 0.25) is 0 Å². The molecule has 2 aromatic rings. The van der Waals surface area contributed by atoms with Gasteiger partial charge in [0.15, 0.2) is 0 Å². The largest absolute Gasteiger partial charge is 0.309 e. The summed E-state index contributed by atoms with van der Waals surface area (Å²) in [6.45, 7) is 4.06. The summed E-state index contributed by atoms with van der Waals surface area (Å²) in [7, 11) is 1.94. The van der Waals surface area contributed by atoms with E-state index in [1.165, 1.54) is 17.2 Å². The summed E-state index contributed by atoms with van der Waals surface area (Å²) in [5.41, 5.74) is 4.66. The number of aryl methyl sites for hydroxylation is 2. The Morgan fingerprint density at radius 1 is 1.12 bits per heavy atom. The minimum atomic E-state index is -0.178. The van der Waals surface area contributed by atoms with Crippen molar-refractivity contribution in [2.24, 2.45) is 0 Å². The third-order valence-electron chi connectivity index (χ3n) is 3.04.